The smallest absolute Gasteiger partial charge is 0.368 e. The molecule has 1 aliphatic rings. The molecule has 0 aliphatic carbocycles. The van der Waals surface area contributed by atoms with Crippen molar-refractivity contribution in [2.24, 2.45) is 0 Å². The van der Waals surface area contributed by atoms with Crippen LogP contribution in [0, 0.1) is 11.3 Å². The number of hydrogen-bond donors (Lipinski definition) is 1. The first-order valence-corrected chi connectivity index (χ1v) is 8.91. The van der Waals surface area contributed by atoms with Crippen molar-refractivity contribution in [1.82, 2.24) is 9.97 Å². The van der Waals surface area contributed by atoms with Gasteiger partial charge in [0, 0.05) is 39.4 Å². The van der Waals surface area contributed by atoms with Crippen molar-refractivity contribution in [3.63, 3.8) is 0 Å². The molecule has 1 saturated heterocycles. The number of nitrogens with zero attached hydrogens (tertiary/aromatic N) is 5. The van der Waals surface area contributed by atoms with E-state index in [2.05, 4.69) is 15.3 Å². The summed E-state index contributed by atoms with van der Waals surface area (Å²) in [5.74, 6) is 1.28. The molecule has 0 saturated carbocycles. The minimum atomic E-state index is -4.47. The van der Waals surface area contributed by atoms with Gasteiger partial charge < -0.3 is 15.1 Å². The number of benzene rings is 1. The zero-order valence-electron chi connectivity index (χ0n) is 15.7. The molecular formula is C19H21F3N6. The standard InChI is InChI=1S/C19H21F3N6/c1-27(2)18-24-8-7-17(26-18)25-15-4-3-9-28(12-15)16-6-5-14(19(20,21)22)10-13(16)11-23/h5-8,10,15H,3-4,9,12H2,1-2H3,(H,24,25,26). The maximum Gasteiger partial charge on any atom is 0.416 e. The van der Waals surface area contributed by atoms with E-state index >= 15 is 0 Å². The molecule has 2 heterocycles. The van der Waals surface area contributed by atoms with Gasteiger partial charge in [-0.3, -0.25) is 0 Å². The fraction of sp³-hybridized carbons (Fsp3) is 0.421. The third-order valence-corrected chi connectivity index (χ3v) is 4.60. The summed E-state index contributed by atoms with van der Waals surface area (Å²) in [6, 6.07) is 7.08. The lowest BCUT2D eigenvalue weighted by Crippen LogP contribution is -2.42. The Hall–Kier alpha value is -3.02. The molecular weight excluding hydrogens is 369 g/mol. The molecule has 1 aromatic heterocycles. The molecule has 0 spiro atoms. The van der Waals surface area contributed by atoms with Crippen LogP contribution in [0.25, 0.3) is 0 Å². The first-order chi connectivity index (χ1) is 13.3. The molecule has 3 rings (SSSR count). The van der Waals surface area contributed by atoms with Crippen LogP contribution in [0.2, 0.25) is 0 Å². The van der Waals surface area contributed by atoms with Gasteiger partial charge >= 0.3 is 6.18 Å². The van der Waals surface area contributed by atoms with Gasteiger partial charge in [-0.1, -0.05) is 0 Å². The van der Waals surface area contributed by atoms with E-state index in [0.717, 1.165) is 25.0 Å². The van der Waals surface area contributed by atoms with Crippen LogP contribution in [-0.4, -0.2) is 43.2 Å². The van der Waals surface area contributed by atoms with Gasteiger partial charge in [0.2, 0.25) is 5.95 Å². The SMILES string of the molecule is CN(C)c1nccc(NC2CCCN(c3ccc(C(F)(F)F)cc3C#N)C2)n1. The fourth-order valence-corrected chi connectivity index (χ4v) is 3.24. The van der Waals surface area contributed by atoms with E-state index in [1.54, 1.807) is 17.2 Å². The highest BCUT2D eigenvalue weighted by atomic mass is 19.4. The second-order valence-electron chi connectivity index (χ2n) is 6.91. The molecule has 6 nitrogen and oxygen atoms in total. The highest BCUT2D eigenvalue weighted by Crippen LogP contribution is 2.33. The van der Waals surface area contributed by atoms with Crippen molar-refractivity contribution in [2.75, 3.05) is 42.3 Å². The number of rotatable bonds is 4. The van der Waals surface area contributed by atoms with E-state index < -0.39 is 11.7 Å². The third-order valence-electron chi connectivity index (χ3n) is 4.60. The average molecular weight is 390 g/mol. The number of hydrogen-bond acceptors (Lipinski definition) is 6. The van der Waals surface area contributed by atoms with Crippen molar-refractivity contribution >= 4 is 17.5 Å². The monoisotopic (exact) mass is 390 g/mol. The summed E-state index contributed by atoms with van der Waals surface area (Å²) in [6.45, 7) is 1.26. The summed E-state index contributed by atoms with van der Waals surface area (Å²) >= 11 is 0. The van der Waals surface area contributed by atoms with E-state index in [4.69, 9.17) is 0 Å². The van der Waals surface area contributed by atoms with Gasteiger partial charge in [-0.15, -0.1) is 0 Å². The van der Waals surface area contributed by atoms with E-state index in [0.29, 0.717) is 30.5 Å². The number of nitrogens with one attached hydrogen (secondary N) is 1. The Kier molecular flexibility index (Phi) is 5.58. The Morgan fingerprint density at radius 3 is 2.75 bits per heavy atom. The molecule has 1 atom stereocenters. The van der Waals surface area contributed by atoms with Crippen LogP contribution < -0.4 is 15.1 Å². The predicted molar refractivity (Wildman–Crippen MR) is 101 cm³/mol. The lowest BCUT2D eigenvalue weighted by molar-refractivity contribution is -0.137. The number of alkyl halides is 3. The van der Waals surface area contributed by atoms with Crippen molar-refractivity contribution < 1.29 is 13.2 Å². The molecule has 2 aromatic rings. The predicted octanol–water partition coefficient (Wildman–Crippen LogP) is 3.51. The molecule has 0 radical (unpaired) electrons. The van der Waals surface area contributed by atoms with E-state index in [1.165, 1.54) is 6.07 Å². The Bertz CT molecular complexity index is 875. The first-order valence-electron chi connectivity index (χ1n) is 8.91. The number of halogens is 3. The van der Waals surface area contributed by atoms with Crippen LogP contribution in [0.15, 0.2) is 30.5 Å². The van der Waals surface area contributed by atoms with Crippen LogP contribution in [0.3, 0.4) is 0 Å². The molecule has 1 aliphatic heterocycles. The molecule has 1 aromatic carbocycles. The number of piperidine rings is 1. The van der Waals surface area contributed by atoms with E-state index in [-0.39, 0.29) is 11.6 Å². The van der Waals surface area contributed by atoms with E-state index in [1.807, 2.05) is 25.1 Å². The summed E-state index contributed by atoms with van der Waals surface area (Å²) in [5.41, 5.74) is -0.247. The summed E-state index contributed by atoms with van der Waals surface area (Å²) in [6.07, 6.45) is -1.03. The van der Waals surface area contributed by atoms with Gasteiger partial charge in [0.25, 0.3) is 0 Å². The second-order valence-corrected chi connectivity index (χ2v) is 6.91. The van der Waals surface area contributed by atoms with Gasteiger partial charge in [0.05, 0.1) is 16.8 Å². The summed E-state index contributed by atoms with van der Waals surface area (Å²) < 4.78 is 38.8. The number of nitriles is 1. The summed E-state index contributed by atoms with van der Waals surface area (Å²) in [4.78, 5) is 12.4. The van der Waals surface area contributed by atoms with Gasteiger partial charge in [0.1, 0.15) is 11.9 Å². The Balaban J connectivity index is 1.77. The summed E-state index contributed by atoms with van der Waals surface area (Å²) in [7, 11) is 3.71. The number of anilines is 3. The first kappa shape index (κ1) is 19.7. The third kappa shape index (κ3) is 4.44. The maximum atomic E-state index is 12.9. The minimum Gasteiger partial charge on any atom is -0.368 e. The molecule has 9 heteroatoms. The maximum absolute atomic E-state index is 12.9. The Labute approximate surface area is 161 Å². The van der Waals surface area contributed by atoms with Crippen molar-refractivity contribution in [3.8, 4) is 6.07 Å². The Morgan fingerprint density at radius 2 is 2.07 bits per heavy atom. The lowest BCUT2D eigenvalue weighted by Gasteiger charge is -2.35. The molecule has 28 heavy (non-hydrogen) atoms. The largest absolute Gasteiger partial charge is 0.416 e. The second kappa shape index (κ2) is 7.92. The van der Waals surface area contributed by atoms with Crippen molar-refractivity contribution in [1.29, 1.82) is 5.26 Å². The lowest BCUT2D eigenvalue weighted by atomic mass is 10.0. The molecule has 1 unspecified atom stereocenters. The van der Waals surface area contributed by atoms with Gasteiger partial charge in [-0.05, 0) is 37.1 Å². The van der Waals surface area contributed by atoms with Crippen LogP contribution >= 0.6 is 0 Å². The Morgan fingerprint density at radius 1 is 1.29 bits per heavy atom. The zero-order valence-corrected chi connectivity index (χ0v) is 15.7. The van der Waals surface area contributed by atoms with E-state index in [9.17, 15) is 18.4 Å². The minimum absolute atomic E-state index is 0.0346. The average Bonchev–Trinajstić information content (AvgIpc) is 2.67. The fourth-order valence-electron chi connectivity index (χ4n) is 3.24. The van der Waals surface area contributed by atoms with Crippen LogP contribution in [-0.2, 0) is 6.18 Å². The van der Waals surface area contributed by atoms with Crippen LogP contribution in [0.4, 0.5) is 30.6 Å². The highest BCUT2D eigenvalue weighted by Gasteiger charge is 2.32. The van der Waals surface area contributed by atoms with Crippen LogP contribution in [0.1, 0.15) is 24.0 Å². The van der Waals surface area contributed by atoms with Crippen molar-refractivity contribution in [3.05, 3.63) is 41.6 Å². The topological polar surface area (TPSA) is 68.1 Å². The van der Waals surface area contributed by atoms with Gasteiger partial charge in [-0.25, -0.2) is 4.98 Å². The molecule has 0 amide bonds. The zero-order chi connectivity index (χ0) is 20.3. The normalized spacial score (nSPS) is 17.1. The van der Waals surface area contributed by atoms with Crippen LogP contribution in [0.5, 0.6) is 0 Å². The van der Waals surface area contributed by atoms with Gasteiger partial charge in [-0.2, -0.15) is 23.4 Å². The quantitative estimate of drug-likeness (QED) is 0.862. The molecule has 0 bridgehead atoms. The van der Waals surface area contributed by atoms with Crippen molar-refractivity contribution in [2.45, 2.75) is 25.1 Å². The highest BCUT2D eigenvalue weighted by molar-refractivity contribution is 5.61. The molecule has 1 fully saturated rings. The molecule has 148 valence electrons. The molecule has 1 N–H and O–H groups in total. The summed E-state index contributed by atoms with van der Waals surface area (Å²) in [5, 5.41) is 12.7. The van der Waals surface area contributed by atoms with Gasteiger partial charge in [0.15, 0.2) is 0 Å². The number of aromatic nitrogens is 2.